The van der Waals surface area contributed by atoms with Gasteiger partial charge in [0.1, 0.15) is 84.8 Å². The van der Waals surface area contributed by atoms with Gasteiger partial charge in [-0.1, -0.05) is 90.2 Å². The molecule has 0 aliphatic carbocycles. The molecule has 0 radical (unpaired) electrons. The number of alkyl halides is 7. The number of aromatic hydroxyl groups is 1. The first kappa shape index (κ1) is 131. The van der Waals surface area contributed by atoms with Crippen molar-refractivity contribution in [2.24, 2.45) is 47.3 Å². The second-order valence-electron chi connectivity index (χ2n) is 32.0. The fourth-order valence-corrected chi connectivity index (χ4v) is 14.3. The molecule has 11 rings (SSSR count). The third kappa shape index (κ3) is 43.3. The first-order chi connectivity index (χ1) is 65.5. The molecule has 41 nitrogen and oxygen atoms in total. The molecular formula is C92H125Cl7NNaO40. The molecule has 788 valence electrons. The van der Waals surface area contributed by atoms with Gasteiger partial charge in [0.15, 0.2) is 30.7 Å². The van der Waals surface area contributed by atoms with E-state index >= 15 is 0 Å². The molecule has 5 aliphatic heterocycles. The van der Waals surface area contributed by atoms with Crippen molar-refractivity contribution in [2.75, 3.05) is 57.9 Å². The molecule has 141 heavy (non-hydrogen) atoms. The fraction of sp³-hybridized carbons (Fsp3) is 0.598. The Labute approximate surface area is 870 Å². The van der Waals surface area contributed by atoms with Gasteiger partial charge in [0.05, 0.1) is 41.7 Å². The Morgan fingerprint density at radius 2 is 0.652 bits per heavy atom. The largest absolute Gasteiger partial charge is 1.00 e. The minimum atomic E-state index is -2.08. The number of nitrogens with one attached hydrogen (secondary N) is 1. The fourth-order valence-electron chi connectivity index (χ4n) is 14.2. The summed E-state index contributed by atoms with van der Waals surface area (Å²) in [5.74, 6) is -4.79. The summed E-state index contributed by atoms with van der Waals surface area (Å²) in [6.45, 7) is 31.8. The molecule has 8 heterocycles. The van der Waals surface area contributed by atoms with Crippen LogP contribution in [0.2, 0.25) is 0 Å². The average Bonchev–Trinajstić information content (AvgIpc) is 0.785. The number of hydrogen-bond donors (Lipinski definition) is 8. The van der Waals surface area contributed by atoms with Crippen LogP contribution in [0.3, 0.4) is 0 Å². The number of aryl methyl sites for hydroxylation is 3. The van der Waals surface area contributed by atoms with Crippen LogP contribution in [0.25, 0.3) is 32.9 Å². The Morgan fingerprint density at radius 1 is 0.376 bits per heavy atom. The van der Waals surface area contributed by atoms with Gasteiger partial charge in [0.25, 0.3) is 3.79 Å². The molecule has 5 aliphatic rings. The van der Waals surface area contributed by atoms with Crippen LogP contribution in [0.1, 0.15) is 134 Å². The summed E-state index contributed by atoms with van der Waals surface area (Å²) in [5.41, 5.74) is 2.17. The van der Waals surface area contributed by atoms with Crippen LogP contribution in [0, 0.1) is 73.5 Å². The van der Waals surface area contributed by atoms with Crippen LogP contribution in [-0.4, -0.2) is 262 Å². The van der Waals surface area contributed by atoms with Gasteiger partial charge in [0, 0.05) is 146 Å². The average molecular weight is 2160 g/mol. The third-order valence-corrected chi connectivity index (χ3v) is 22.5. The van der Waals surface area contributed by atoms with E-state index in [0.717, 1.165) is 47.1 Å². The quantitative estimate of drug-likeness (QED) is 0.00781. The molecule has 5 saturated heterocycles. The number of ether oxygens (including phenoxy) is 17. The van der Waals surface area contributed by atoms with Gasteiger partial charge < -0.3 is 135 Å². The van der Waals surface area contributed by atoms with Gasteiger partial charge in [-0.25, -0.2) is 14.4 Å². The van der Waals surface area contributed by atoms with Crippen LogP contribution >= 0.6 is 81.2 Å². The monoisotopic (exact) mass is 2150 g/mol. The van der Waals surface area contributed by atoms with Crippen LogP contribution in [0.4, 0.5) is 0 Å². The summed E-state index contributed by atoms with van der Waals surface area (Å²) in [6, 6.07) is 18.8. The number of carbonyl (C=O) groups excluding carboxylic acids is 9. The van der Waals surface area contributed by atoms with Crippen molar-refractivity contribution in [1.82, 2.24) is 0 Å². The molecular weight excluding hydrogens is 2030 g/mol. The number of aliphatic hydroxyl groups is 6. The van der Waals surface area contributed by atoms with Gasteiger partial charge >= 0.3 is 100 Å². The summed E-state index contributed by atoms with van der Waals surface area (Å²) in [7, 11) is 1.75. The van der Waals surface area contributed by atoms with Gasteiger partial charge in [-0.15, -0.1) is 46.4 Å². The Kier molecular flexibility index (Phi) is 60.1. The maximum atomic E-state index is 11.7. The predicted molar refractivity (Wildman–Crippen MR) is 505 cm³/mol. The summed E-state index contributed by atoms with van der Waals surface area (Å²) in [6.07, 6.45) is -15.8. The smallest absolute Gasteiger partial charge is 0.857 e. The molecule has 25 atom stereocenters. The number of esters is 9. The second kappa shape index (κ2) is 64.7. The number of hydrogen-bond acceptors (Lipinski definition) is 41. The van der Waals surface area contributed by atoms with E-state index in [0.29, 0.717) is 22.5 Å². The van der Waals surface area contributed by atoms with Crippen LogP contribution in [0.15, 0.2) is 100 Å². The summed E-state index contributed by atoms with van der Waals surface area (Å²) >= 11 is 35.9. The molecule has 0 spiro atoms. The van der Waals surface area contributed by atoms with Crippen molar-refractivity contribution in [1.29, 1.82) is 5.41 Å². The SMILES string of the molecule is CC(=O)OCC1OC(O)C(OC(C)=O)[C@@H](C)[C@@H]1C.CC(=O)OCC1OC(OC(=N)C(Cl)(Cl)Cl)C(OC(C)=O)[C@@H](C)[C@@H]1C.CC(=O)OCC1OC(OC(C)=O)C(OC(C)=O)[C@@H](C)[C@@H]1C.CC(=O)OCC1O[C@H](Oc2ccc3c(C)cc(=O)oc3c2)C(OC(C)=O)[C@@H](C)[C@@H]1C.CO.C[O-].Cc1cc(=O)oc2cc(O)ccc12.Cc1cc(=O)oc2cc(O[C@H]3OC(CO)[C@@H](O)[C@H](O)C3O)ccc12.ClCCl.ClCCl.[Na+]. The van der Waals surface area contributed by atoms with Crippen LogP contribution in [0.5, 0.6) is 17.2 Å². The van der Waals surface area contributed by atoms with E-state index in [4.69, 9.17) is 201 Å². The summed E-state index contributed by atoms with van der Waals surface area (Å²) < 4.78 is 104. The summed E-state index contributed by atoms with van der Waals surface area (Å²) in [5, 5.41) is 83.3. The van der Waals surface area contributed by atoms with E-state index in [9.17, 15) is 78.0 Å². The van der Waals surface area contributed by atoms with E-state index in [1.54, 1.807) is 49.4 Å². The first-order valence-corrected chi connectivity index (χ1v) is 46.4. The number of phenols is 1. The Bertz CT molecular complexity index is 5130. The molecule has 0 bridgehead atoms. The minimum Gasteiger partial charge on any atom is -0.857 e. The van der Waals surface area contributed by atoms with E-state index < -0.39 is 192 Å². The normalized spacial score (nSPS) is 26.6. The van der Waals surface area contributed by atoms with Crippen molar-refractivity contribution >= 4 is 174 Å². The zero-order valence-corrected chi connectivity index (χ0v) is 89.4. The molecule has 3 aromatic carbocycles. The van der Waals surface area contributed by atoms with Crippen LogP contribution < -0.4 is 61.0 Å². The van der Waals surface area contributed by atoms with E-state index in [-0.39, 0.29) is 126 Å². The molecule has 13 unspecified atom stereocenters. The standard InChI is InChI=1S/C22H26O8.C16H18O8.C14H20Cl3NO6.C14H22O7.C12H20O6.C10H8O3.2CH2Cl2.CH4O.CH3O.Na/c1-11-8-20(25)29-18-9-16(6-7-17(11)18)28-22-21(27-15(5)24)13(3)12(2)19(30-22)10-26-14(4)23;1-7-4-12(18)23-10-5-8(2-3-9(7)10)22-16-15(21)14(20)13(19)11(6-17)24-16;1-6-7(2)11(22-9(4)20)12(24-13(18)14(15,16)17)23-10(6)5-21-8(3)19;1-7-8(2)13(19-10(4)16)14(20-11(5)17)21-12(7)6-18-9(3)15;1-6-7(2)11(17-9(4)14)12(15)18-10(6)5-16-8(3)13;1-6-4-10(12)13-9-5-7(11)2-3-8(6)9;2*2-1-3;2*1-2;/h6-9,12-13,19,21-22H,10H2,1-5H3;2-5,11,13-17,19-21H,6H2,1H3;6-7,10-12,18H,5H2,1-4H3;7-8,12-14H,6H2,1-5H3;6-7,10-12,15H,5H2,1-4H3;2-5,11H,1H3;2*1H2;2H,1H3;1H3;/q;;;;;;;;;-1;+1/t12-,13-,19?,21?,22-;11?,13-,14+,15?,16+;6-,7-,10?,11?,12?;7-,8-,12?,13?,14?;6-,7-,10?,11?,12?;;;;;;/m01000....../s1. The number of aliphatic hydroxyl groups excluding tert-OH is 6. The number of carbonyl (C=O) groups is 9. The van der Waals surface area contributed by atoms with Crippen molar-refractivity contribution < 1.29 is 207 Å². The molecule has 8 N–H and O–H groups in total. The molecule has 0 amide bonds. The third-order valence-electron chi connectivity index (χ3n) is 22.0. The summed E-state index contributed by atoms with van der Waals surface area (Å²) in [4.78, 5) is 134. The van der Waals surface area contributed by atoms with Crippen molar-refractivity contribution in [2.45, 2.75) is 247 Å². The second-order valence-corrected chi connectivity index (χ2v) is 35.9. The van der Waals surface area contributed by atoms with Crippen molar-refractivity contribution in [3.63, 3.8) is 0 Å². The number of halogens is 7. The molecule has 3 aromatic heterocycles. The van der Waals surface area contributed by atoms with Gasteiger partial charge in [-0.2, -0.15) is 7.11 Å². The number of phenolic OH excluding ortho intramolecular Hbond substituents is 1. The molecule has 6 aromatic rings. The Balaban J connectivity index is 0.000000839. The van der Waals surface area contributed by atoms with Gasteiger partial charge in [0.2, 0.25) is 31.1 Å². The van der Waals surface area contributed by atoms with Crippen molar-refractivity contribution in [3.8, 4) is 17.2 Å². The van der Waals surface area contributed by atoms with Gasteiger partial charge in [-0.05, 0) is 97.5 Å². The van der Waals surface area contributed by atoms with E-state index in [1.807, 2.05) is 69.2 Å². The Hall–Kier alpha value is -8.06. The van der Waals surface area contributed by atoms with Gasteiger partial charge in [-0.3, -0.25) is 48.6 Å². The topological polar surface area (TPSA) is 590 Å². The number of rotatable bonds is 19. The minimum absolute atomic E-state index is 0. The number of benzene rings is 3. The zero-order valence-electron chi connectivity index (χ0n) is 82.1. The van der Waals surface area contributed by atoms with Crippen LogP contribution in [-0.2, 0) is 114 Å². The Morgan fingerprint density at radius 3 is 0.972 bits per heavy atom. The van der Waals surface area contributed by atoms with E-state index in [2.05, 4.69) is 0 Å². The first-order valence-electron chi connectivity index (χ1n) is 43.1. The maximum Gasteiger partial charge on any atom is 1.00 e. The molecule has 0 saturated carbocycles. The molecule has 49 heteroatoms. The molecule has 5 fully saturated rings. The van der Waals surface area contributed by atoms with E-state index in [1.165, 1.54) is 92.6 Å². The predicted octanol–water partition coefficient (Wildman–Crippen LogP) is 6.85. The van der Waals surface area contributed by atoms with Crippen molar-refractivity contribution in [3.05, 3.63) is 121 Å². The number of fused-ring (bicyclic) bond motifs is 3. The zero-order chi connectivity index (χ0) is 107. The maximum absolute atomic E-state index is 11.7.